The maximum absolute atomic E-state index is 12.2. The molecule has 27 heavy (non-hydrogen) atoms. The van der Waals surface area contributed by atoms with Crippen LogP contribution in [-0.4, -0.2) is 27.9 Å². The lowest BCUT2D eigenvalue weighted by Gasteiger charge is -2.14. The smallest absolute Gasteiger partial charge is 0.338 e. The monoisotopic (exact) mass is 403 g/mol. The third kappa shape index (κ3) is 4.67. The van der Waals surface area contributed by atoms with Crippen molar-refractivity contribution in [3.8, 4) is 11.4 Å². The van der Waals surface area contributed by atoms with Crippen LogP contribution in [0, 0.1) is 0 Å². The van der Waals surface area contributed by atoms with Crippen molar-refractivity contribution in [3.05, 3.63) is 70.5 Å². The predicted molar refractivity (Wildman–Crippen MR) is 104 cm³/mol. The Morgan fingerprint density at radius 1 is 1.11 bits per heavy atom. The Balaban J connectivity index is 1.61. The number of benzene rings is 2. The molecule has 3 aromatic rings. The summed E-state index contributed by atoms with van der Waals surface area (Å²) in [6.07, 6.45) is 2.37. The van der Waals surface area contributed by atoms with Crippen molar-refractivity contribution in [2.24, 2.45) is 0 Å². The number of aromatic amines is 1. The fourth-order valence-corrected chi connectivity index (χ4v) is 2.59. The van der Waals surface area contributed by atoms with Crippen LogP contribution in [0.3, 0.4) is 0 Å². The molecule has 1 aromatic heterocycles. The molecule has 1 atom stereocenters. The van der Waals surface area contributed by atoms with Crippen molar-refractivity contribution in [1.82, 2.24) is 9.97 Å². The van der Waals surface area contributed by atoms with Crippen molar-refractivity contribution >= 4 is 40.8 Å². The fraction of sp³-hybridized carbons (Fsp3) is 0.105. The summed E-state index contributed by atoms with van der Waals surface area (Å²) in [6, 6.07) is 11.4. The summed E-state index contributed by atoms with van der Waals surface area (Å²) in [5.74, 6) is -0.379. The number of rotatable bonds is 5. The second kappa shape index (κ2) is 8.24. The Morgan fingerprint density at radius 2 is 1.85 bits per heavy atom. The maximum atomic E-state index is 12.2. The van der Waals surface area contributed by atoms with Crippen LogP contribution in [-0.2, 0) is 9.53 Å². The lowest BCUT2D eigenvalue weighted by Crippen LogP contribution is -2.30. The molecule has 0 aliphatic heterocycles. The number of nitrogens with one attached hydrogen (secondary N) is 2. The van der Waals surface area contributed by atoms with Gasteiger partial charge in [0.15, 0.2) is 6.10 Å². The van der Waals surface area contributed by atoms with Gasteiger partial charge in [0.05, 0.1) is 15.6 Å². The van der Waals surface area contributed by atoms with Crippen LogP contribution in [0.1, 0.15) is 17.3 Å². The van der Waals surface area contributed by atoms with Crippen LogP contribution in [0.2, 0.25) is 10.0 Å². The molecule has 1 heterocycles. The standard InChI is InChI=1S/C19H15Cl2N3O3/c1-11(18(25)24-14-6-7-15(20)16(21)10-14)27-19(26)13-4-2-12(3-5-13)17-22-8-9-23-17/h2-11H,1H3,(H,22,23)(H,24,25). The topological polar surface area (TPSA) is 84.1 Å². The molecule has 6 nitrogen and oxygen atoms in total. The first-order valence-corrected chi connectivity index (χ1v) is 8.76. The van der Waals surface area contributed by atoms with E-state index in [-0.39, 0.29) is 0 Å². The van der Waals surface area contributed by atoms with E-state index in [9.17, 15) is 9.59 Å². The van der Waals surface area contributed by atoms with Gasteiger partial charge in [-0.1, -0.05) is 35.3 Å². The molecule has 138 valence electrons. The Morgan fingerprint density at radius 3 is 2.48 bits per heavy atom. The van der Waals surface area contributed by atoms with E-state index in [1.165, 1.54) is 13.0 Å². The number of ether oxygens (including phenoxy) is 1. The molecule has 8 heteroatoms. The normalized spacial score (nSPS) is 11.7. The number of imidazole rings is 1. The number of hydrogen-bond donors (Lipinski definition) is 2. The third-order valence-corrected chi connectivity index (χ3v) is 4.47. The largest absolute Gasteiger partial charge is 0.449 e. The minimum Gasteiger partial charge on any atom is -0.449 e. The van der Waals surface area contributed by atoms with Gasteiger partial charge in [-0.3, -0.25) is 4.79 Å². The quantitative estimate of drug-likeness (QED) is 0.611. The van der Waals surface area contributed by atoms with Gasteiger partial charge in [-0.25, -0.2) is 9.78 Å². The van der Waals surface area contributed by atoms with E-state index in [1.807, 2.05) is 0 Å². The molecule has 3 rings (SSSR count). The number of H-pyrrole nitrogens is 1. The van der Waals surface area contributed by atoms with Gasteiger partial charge in [-0.05, 0) is 37.3 Å². The number of esters is 1. The van der Waals surface area contributed by atoms with Crippen molar-refractivity contribution in [2.45, 2.75) is 13.0 Å². The van der Waals surface area contributed by atoms with Crippen LogP contribution >= 0.6 is 23.2 Å². The summed E-state index contributed by atoms with van der Waals surface area (Å²) in [4.78, 5) is 31.6. The molecular formula is C19H15Cl2N3O3. The highest BCUT2D eigenvalue weighted by atomic mass is 35.5. The number of amides is 1. The molecule has 0 aliphatic rings. The highest BCUT2D eigenvalue weighted by molar-refractivity contribution is 6.42. The Hall–Kier alpha value is -2.83. The zero-order valence-corrected chi connectivity index (χ0v) is 15.7. The van der Waals surface area contributed by atoms with Crippen LogP contribution in [0.5, 0.6) is 0 Å². The van der Waals surface area contributed by atoms with Crippen LogP contribution in [0.15, 0.2) is 54.9 Å². The number of carbonyl (C=O) groups is 2. The molecule has 2 aromatic carbocycles. The number of anilines is 1. The van der Waals surface area contributed by atoms with Gasteiger partial charge >= 0.3 is 5.97 Å². The van der Waals surface area contributed by atoms with Crippen LogP contribution in [0.4, 0.5) is 5.69 Å². The number of nitrogens with zero attached hydrogens (tertiary/aromatic N) is 1. The summed E-state index contributed by atoms with van der Waals surface area (Å²) in [6.45, 7) is 1.49. The van der Waals surface area contributed by atoms with E-state index in [0.717, 1.165) is 5.56 Å². The zero-order valence-electron chi connectivity index (χ0n) is 14.2. The maximum Gasteiger partial charge on any atom is 0.338 e. The van der Waals surface area contributed by atoms with Crippen molar-refractivity contribution < 1.29 is 14.3 Å². The summed E-state index contributed by atoms with van der Waals surface area (Å²) < 4.78 is 5.22. The van der Waals surface area contributed by atoms with E-state index in [4.69, 9.17) is 27.9 Å². The Kier molecular flexibility index (Phi) is 5.78. The molecule has 0 aliphatic carbocycles. The molecule has 0 bridgehead atoms. The lowest BCUT2D eigenvalue weighted by atomic mass is 10.1. The fourth-order valence-electron chi connectivity index (χ4n) is 2.29. The second-order valence-corrected chi connectivity index (χ2v) is 6.50. The van der Waals surface area contributed by atoms with E-state index in [2.05, 4.69) is 15.3 Å². The first kappa shape index (κ1) is 18.9. The number of aromatic nitrogens is 2. The minimum atomic E-state index is -0.989. The average molecular weight is 404 g/mol. The summed E-state index contributed by atoms with van der Waals surface area (Å²) in [5, 5.41) is 3.32. The van der Waals surface area contributed by atoms with E-state index >= 15 is 0 Å². The van der Waals surface area contributed by atoms with E-state index in [0.29, 0.717) is 27.1 Å². The van der Waals surface area contributed by atoms with Gasteiger partial charge in [0.1, 0.15) is 5.82 Å². The Labute approximate surface area is 165 Å². The van der Waals surface area contributed by atoms with Gasteiger partial charge in [0.25, 0.3) is 5.91 Å². The summed E-state index contributed by atoms with van der Waals surface area (Å²) >= 11 is 11.8. The molecule has 1 amide bonds. The molecule has 0 saturated heterocycles. The summed E-state index contributed by atoms with van der Waals surface area (Å²) in [7, 11) is 0. The van der Waals surface area contributed by atoms with Crippen molar-refractivity contribution in [2.75, 3.05) is 5.32 Å². The van der Waals surface area contributed by atoms with Crippen LogP contribution < -0.4 is 5.32 Å². The highest BCUT2D eigenvalue weighted by Crippen LogP contribution is 2.25. The van der Waals surface area contributed by atoms with E-state index in [1.54, 1.807) is 48.8 Å². The zero-order chi connectivity index (χ0) is 19.4. The summed E-state index contributed by atoms with van der Waals surface area (Å²) in [5.41, 5.74) is 1.63. The second-order valence-electron chi connectivity index (χ2n) is 5.68. The van der Waals surface area contributed by atoms with Gasteiger partial charge < -0.3 is 15.0 Å². The molecular weight excluding hydrogens is 389 g/mol. The highest BCUT2D eigenvalue weighted by Gasteiger charge is 2.19. The lowest BCUT2D eigenvalue weighted by molar-refractivity contribution is -0.123. The average Bonchev–Trinajstić information content (AvgIpc) is 3.19. The predicted octanol–water partition coefficient (Wildman–Crippen LogP) is 4.57. The first-order chi connectivity index (χ1) is 12.9. The number of carbonyl (C=O) groups excluding carboxylic acids is 2. The van der Waals surface area contributed by atoms with Crippen molar-refractivity contribution in [3.63, 3.8) is 0 Å². The molecule has 0 fully saturated rings. The third-order valence-electron chi connectivity index (χ3n) is 3.73. The first-order valence-electron chi connectivity index (χ1n) is 8.01. The molecule has 2 N–H and O–H groups in total. The van der Waals surface area contributed by atoms with Crippen molar-refractivity contribution in [1.29, 1.82) is 0 Å². The van der Waals surface area contributed by atoms with Gasteiger partial charge in [0.2, 0.25) is 0 Å². The molecule has 0 radical (unpaired) electrons. The number of halogens is 2. The Bertz CT molecular complexity index is 957. The van der Waals surface area contributed by atoms with Crippen LogP contribution in [0.25, 0.3) is 11.4 Å². The number of hydrogen-bond acceptors (Lipinski definition) is 4. The SMILES string of the molecule is CC(OC(=O)c1ccc(-c2ncc[nH]2)cc1)C(=O)Nc1ccc(Cl)c(Cl)c1. The molecule has 0 saturated carbocycles. The van der Waals surface area contributed by atoms with Gasteiger partial charge in [-0.2, -0.15) is 0 Å². The molecule has 1 unspecified atom stereocenters. The van der Waals surface area contributed by atoms with Gasteiger partial charge in [-0.15, -0.1) is 0 Å². The van der Waals surface area contributed by atoms with Gasteiger partial charge in [0, 0.05) is 23.6 Å². The molecule has 0 spiro atoms. The van der Waals surface area contributed by atoms with E-state index < -0.39 is 18.0 Å². The minimum absolute atomic E-state index is 0.316.